The molecule has 2 N–H and O–H groups in total. The Morgan fingerprint density at radius 1 is 0.811 bits per heavy atom. The lowest BCUT2D eigenvalue weighted by Crippen LogP contribution is -2.06. The molecule has 7 heteroatoms. The molecular formula is C30H37F2O3PS. The van der Waals surface area contributed by atoms with Crippen LogP contribution < -0.4 is 0 Å². The maximum atomic E-state index is 14.0. The van der Waals surface area contributed by atoms with Crippen molar-refractivity contribution in [3.8, 4) is 0 Å². The van der Waals surface area contributed by atoms with Gasteiger partial charge in [0.2, 0.25) is 0 Å². The maximum Gasteiger partial charge on any atom is 0.325 e. The van der Waals surface area contributed by atoms with Crippen LogP contribution in [-0.4, -0.2) is 21.7 Å². The zero-order valence-electron chi connectivity index (χ0n) is 21.6. The summed E-state index contributed by atoms with van der Waals surface area (Å²) in [6.45, 7) is 4.17. The highest BCUT2D eigenvalue weighted by Gasteiger charge is 2.16. The van der Waals surface area contributed by atoms with Crippen LogP contribution in [0.4, 0.5) is 8.78 Å². The lowest BCUT2D eigenvalue weighted by molar-refractivity contribution is 0.371. The molecule has 1 atom stereocenters. The average Bonchev–Trinajstić information content (AvgIpc) is 2.82. The number of thioether (sulfide) groups is 1. The molecule has 0 heterocycles. The number of rotatable bonds is 14. The van der Waals surface area contributed by atoms with Crippen LogP contribution in [-0.2, 0) is 17.4 Å². The summed E-state index contributed by atoms with van der Waals surface area (Å²) in [5, 5.41) is 0. The molecule has 1 unspecified atom stereocenters. The van der Waals surface area contributed by atoms with E-state index in [9.17, 15) is 13.3 Å². The van der Waals surface area contributed by atoms with Crippen LogP contribution >= 0.6 is 19.4 Å². The van der Waals surface area contributed by atoms with Gasteiger partial charge in [0.1, 0.15) is 11.6 Å². The quantitative estimate of drug-likeness (QED) is 0.121. The Balaban J connectivity index is 1.50. The van der Waals surface area contributed by atoms with Gasteiger partial charge < -0.3 is 9.79 Å². The number of benzene rings is 3. The third-order valence-electron chi connectivity index (χ3n) is 6.71. The van der Waals surface area contributed by atoms with Crippen molar-refractivity contribution < 1.29 is 23.1 Å². The fourth-order valence-corrected chi connectivity index (χ4v) is 6.02. The summed E-state index contributed by atoms with van der Waals surface area (Å²) < 4.78 is 38.9. The van der Waals surface area contributed by atoms with Gasteiger partial charge in [0.25, 0.3) is 0 Å². The molecule has 0 radical (unpaired) electrons. The molecule has 0 aromatic heterocycles. The second-order valence-corrected chi connectivity index (χ2v) is 12.8. The van der Waals surface area contributed by atoms with Crippen molar-refractivity contribution in [1.29, 1.82) is 0 Å². The SMILES string of the molecule is Cc1ccc(CC(CCCSc2ccc(CCCCCP(=O)(O)O)cc2)c2cc(F)cc(F)c2)cc1C. The Morgan fingerprint density at radius 2 is 1.49 bits per heavy atom. The topological polar surface area (TPSA) is 57.5 Å². The van der Waals surface area contributed by atoms with E-state index < -0.39 is 19.2 Å². The predicted molar refractivity (Wildman–Crippen MR) is 150 cm³/mol. The third kappa shape index (κ3) is 10.7. The van der Waals surface area contributed by atoms with Crippen molar-refractivity contribution >= 4 is 19.4 Å². The first-order valence-electron chi connectivity index (χ1n) is 12.9. The van der Waals surface area contributed by atoms with Gasteiger partial charge in [-0.25, -0.2) is 8.78 Å². The first-order valence-corrected chi connectivity index (χ1v) is 15.7. The largest absolute Gasteiger partial charge is 0.325 e. The fourth-order valence-electron chi connectivity index (χ4n) is 4.51. The predicted octanol–water partition coefficient (Wildman–Crippen LogP) is 8.37. The standard InChI is InChI=1S/C30H37F2O3PS/c1-22-9-10-25(17-23(22)2)18-26(27-19-28(31)21-29(32)20-27)8-6-16-37-30-13-11-24(12-14-30)7-4-3-5-15-36(33,34)35/h9-14,17,19-21,26H,3-8,15-16,18H2,1-2H3,(H2,33,34,35). The van der Waals surface area contributed by atoms with Crippen LogP contribution in [0.1, 0.15) is 65.8 Å². The first kappa shape index (κ1) is 29.6. The van der Waals surface area contributed by atoms with Gasteiger partial charge in [-0.3, -0.25) is 4.57 Å². The minimum atomic E-state index is -3.88. The van der Waals surface area contributed by atoms with E-state index in [1.807, 2.05) is 0 Å². The molecule has 0 amide bonds. The lowest BCUT2D eigenvalue weighted by atomic mass is 9.87. The Bertz CT molecular complexity index is 1170. The molecule has 200 valence electrons. The zero-order valence-corrected chi connectivity index (χ0v) is 23.3. The second kappa shape index (κ2) is 14.2. The summed E-state index contributed by atoms with van der Waals surface area (Å²) in [5.41, 5.74) is 5.58. The van der Waals surface area contributed by atoms with E-state index in [1.165, 1.54) is 39.3 Å². The molecule has 3 aromatic carbocycles. The number of halogens is 2. The number of unbranched alkanes of at least 4 members (excludes halogenated alkanes) is 2. The van der Waals surface area contributed by atoms with Crippen LogP contribution in [0.25, 0.3) is 0 Å². The summed E-state index contributed by atoms with van der Waals surface area (Å²) in [5.74, 6) is -0.100. The van der Waals surface area contributed by atoms with E-state index in [0.717, 1.165) is 50.3 Å². The Labute approximate surface area is 223 Å². The van der Waals surface area contributed by atoms with E-state index in [2.05, 4.69) is 56.3 Å². The number of aryl methyl sites for hydroxylation is 3. The average molecular weight is 547 g/mol. The third-order valence-corrected chi connectivity index (χ3v) is 8.71. The van der Waals surface area contributed by atoms with Crippen LogP contribution in [0, 0.1) is 25.5 Å². The molecule has 3 aromatic rings. The van der Waals surface area contributed by atoms with E-state index in [1.54, 1.807) is 11.8 Å². The molecule has 0 aliphatic heterocycles. The molecule has 0 aliphatic rings. The molecule has 0 spiro atoms. The van der Waals surface area contributed by atoms with Gasteiger partial charge >= 0.3 is 7.60 Å². The summed E-state index contributed by atoms with van der Waals surface area (Å²) in [6.07, 6.45) is 5.64. The molecule has 0 saturated heterocycles. The molecule has 0 saturated carbocycles. The zero-order chi connectivity index (χ0) is 26.8. The van der Waals surface area contributed by atoms with Crippen LogP contribution in [0.2, 0.25) is 0 Å². The second-order valence-electron chi connectivity index (χ2n) is 9.86. The fraction of sp³-hybridized carbons (Fsp3) is 0.400. The minimum absolute atomic E-state index is 0.0394. The normalized spacial score (nSPS) is 12.6. The molecule has 37 heavy (non-hydrogen) atoms. The van der Waals surface area contributed by atoms with Gasteiger partial charge in [-0.15, -0.1) is 11.8 Å². The Hall–Kier alpha value is -1.98. The maximum absolute atomic E-state index is 14.0. The van der Waals surface area contributed by atoms with Crippen molar-refractivity contribution in [2.75, 3.05) is 11.9 Å². The van der Waals surface area contributed by atoms with Crippen molar-refractivity contribution in [2.24, 2.45) is 0 Å². The van der Waals surface area contributed by atoms with Gasteiger partial charge in [0.05, 0.1) is 0 Å². The van der Waals surface area contributed by atoms with E-state index in [0.29, 0.717) is 12.0 Å². The highest BCUT2D eigenvalue weighted by Crippen LogP contribution is 2.35. The van der Waals surface area contributed by atoms with Crippen LogP contribution in [0.3, 0.4) is 0 Å². The minimum Gasteiger partial charge on any atom is -0.324 e. The van der Waals surface area contributed by atoms with Crippen LogP contribution in [0.15, 0.2) is 65.6 Å². The summed E-state index contributed by atoms with van der Waals surface area (Å²) in [7, 11) is -3.88. The van der Waals surface area contributed by atoms with Crippen molar-refractivity contribution in [3.63, 3.8) is 0 Å². The van der Waals surface area contributed by atoms with E-state index in [4.69, 9.17) is 9.79 Å². The van der Waals surface area contributed by atoms with Crippen molar-refractivity contribution in [1.82, 2.24) is 0 Å². The molecule has 3 rings (SSSR count). The molecule has 0 bridgehead atoms. The summed E-state index contributed by atoms with van der Waals surface area (Å²) in [6, 6.07) is 18.7. The van der Waals surface area contributed by atoms with E-state index >= 15 is 0 Å². The Kier molecular flexibility index (Phi) is 11.4. The molecular weight excluding hydrogens is 509 g/mol. The van der Waals surface area contributed by atoms with Gasteiger partial charge in [0.15, 0.2) is 0 Å². The Morgan fingerprint density at radius 3 is 2.14 bits per heavy atom. The molecule has 0 aliphatic carbocycles. The van der Waals surface area contributed by atoms with Crippen molar-refractivity contribution in [3.05, 3.63) is 100 Å². The van der Waals surface area contributed by atoms with Crippen LogP contribution in [0.5, 0.6) is 0 Å². The number of hydrogen-bond donors (Lipinski definition) is 2. The highest BCUT2D eigenvalue weighted by molar-refractivity contribution is 7.99. The highest BCUT2D eigenvalue weighted by atomic mass is 32.2. The van der Waals surface area contributed by atoms with Gasteiger partial charge in [-0.1, -0.05) is 36.8 Å². The lowest BCUT2D eigenvalue weighted by Gasteiger charge is -2.19. The monoisotopic (exact) mass is 546 g/mol. The van der Waals surface area contributed by atoms with Gasteiger partial charge in [-0.2, -0.15) is 0 Å². The van der Waals surface area contributed by atoms with Gasteiger partial charge in [-0.05, 0) is 116 Å². The summed E-state index contributed by atoms with van der Waals surface area (Å²) >= 11 is 1.78. The molecule has 0 fully saturated rings. The smallest absolute Gasteiger partial charge is 0.324 e. The first-order chi connectivity index (χ1) is 17.6. The molecule has 3 nitrogen and oxygen atoms in total. The number of hydrogen-bond acceptors (Lipinski definition) is 2. The van der Waals surface area contributed by atoms with E-state index in [-0.39, 0.29) is 12.1 Å². The van der Waals surface area contributed by atoms with Gasteiger partial charge in [0, 0.05) is 17.1 Å². The summed E-state index contributed by atoms with van der Waals surface area (Å²) in [4.78, 5) is 19.0. The van der Waals surface area contributed by atoms with Crippen molar-refractivity contribution in [2.45, 2.75) is 69.6 Å².